The van der Waals surface area contributed by atoms with E-state index < -0.39 is 0 Å². The molecular formula is C16H17N3S2. The van der Waals surface area contributed by atoms with Gasteiger partial charge in [-0.1, -0.05) is 36.8 Å². The molecule has 0 aliphatic rings. The molecule has 3 rings (SSSR count). The summed E-state index contributed by atoms with van der Waals surface area (Å²) in [7, 11) is 0. The molecule has 0 aliphatic heterocycles. The quantitative estimate of drug-likeness (QED) is 0.644. The van der Waals surface area contributed by atoms with Gasteiger partial charge in [0.1, 0.15) is 16.2 Å². The van der Waals surface area contributed by atoms with Gasteiger partial charge in [-0.2, -0.15) is 0 Å². The fourth-order valence-electron chi connectivity index (χ4n) is 2.12. The van der Waals surface area contributed by atoms with E-state index in [0.29, 0.717) is 0 Å². The van der Waals surface area contributed by atoms with E-state index in [9.17, 15) is 0 Å². The van der Waals surface area contributed by atoms with Gasteiger partial charge in [-0.15, -0.1) is 33.3 Å². The van der Waals surface area contributed by atoms with Crippen LogP contribution in [-0.2, 0) is 0 Å². The van der Waals surface area contributed by atoms with Crippen LogP contribution in [0.5, 0.6) is 0 Å². The van der Waals surface area contributed by atoms with Crippen molar-refractivity contribution in [2.24, 2.45) is 0 Å². The first kappa shape index (κ1) is 14.5. The standard InChI is InChI=1S/C16H17N3S2/c1-4-9-20-16-14-15(21-11(3)17-14)13(18-19-16)12-7-5-10(2)6-8-12/h5-8H,4,9H2,1-3H3. The van der Waals surface area contributed by atoms with E-state index >= 15 is 0 Å². The highest BCUT2D eigenvalue weighted by Gasteiger charge is 2.15. The lowest BCUT2D eigenvalue weighted by Gasteiger charge is -2.04. The van der Waals surface area contributed by atoms with Crippen LogP contribution in [0.15, 0.2) is 29.3 Å². The Morgan fingerprint density at radius 1 is 1.10 bits per heavy atom. The summed E-state index contributed by atoms with van der Waals surface area (Å²) in [5, 5.41) is 10.9. The molecule has 0 amide bonds. The molecule has 21 heavy (non-hydrogen) atoms. The zero-order valence-corrected chi connectivity index (χ0v) is 14.0. The Morgan fingerprint density at radius 3 is 2.57 bits per heavy atom. The molecule has 2 heterocycles. The molecule has 1 aromatic carbocycles. The summed E-state index contributed by atoms with van der Waals surface area (Å²) >= 11 is 3.44. The highest BCUT2D eigenvalue weighted by atomic mass is 32.2. The molecule has 3 nitrogen and oxygen atoms in total. The Bertz CT molecular complexity index is 763. The maximum atomic E-state index is 4.66. The highest BCUT2D eigenvalue weighted by Crippen LogP contribution is 2.35. The Morgan fingerprint density at radius 2 is 1.86 bits per heavy atom. The smallest absolute Gasteiger partial charge is 0.146 e. The molecule has 0 fully saturated rings. The molecule has 0 saturated heterocycles. The van der Waals surface area contributed by atoms with Crippen LogP contribution in [0.25, 0.3) is 21.5 Å². The lowest BCUT2D eigenvalue weighted by Crippen LogP contribution is -1.93. The molecule has 0 radical (unpaired) electrons. The topological polar surface area (TPSA) is 38.7 Å². The van der Waals surface area contributed by atoms with Gasteiger partial charge in [0.15, 0.2) is 0 Å². The van der Waals surface area contributed by atoms with Gasteiger partial charge in [0.05, 0.1) is 9.71 Å². The second kappa shape index (κ2) is 6.12. The first-order chi connectivity index (χ1) is 10.2. The number of aromatic nitrogens is 3. The highest BCUT2D eigenvalue weighted by molar-refractivity contribution is 7.99. The van der Waals surface area contributed by atoms with Crippen LogP contribution in [-0.4, -0.2) is 20.9 Å². The molecule has 108 valence electrons. The molecule has 0 spiro atoms. The van der Waals surface area contributed by atoms with Gasteiger partial charge < -0.3 is 0 Å². The lowest BCUT2D eigenvalue weighted by molar-refractivity contribution is 0.952. The minimum Gasteiger partial charge on any atom is -0.238 e. The van der Waals surface area contributed by atoms with E-state index in [2.05, 4.69) is 53.3 Å². The summed E-state index contributed by atoms with van der Waals surface area (Å²) < 4.78 is 1.14. The predicted octanol–water partition coefficient (Wildman–Crippen LogP) is 4.87. The van der Waals surface area contributed by atoms with Crippen molar-refractivity contribution in [3.8, 4) is 11.3 Å². The van der Waals surface area contributed by atoms with Gasteiger partial charge >= 0.3 is 0 Å². The number of aryl methyl sites for hydroxylation is 2. The number of benzene rings is 1. The molecule has 5 heteroatoms. The third kappa shape index (κ3) is 2.94. The number of fused-ring (bicyclic) bond motifs is 1. The van der Waals surface area contributed by atoms with Gasteiger partial charge in [-0.25, -0.2) is 4.98 Å². The number of thioether (sulfide) groups is 1. The SMILES string of the molecule is CCCSc1nnc(-c2ccc(C)cc2)c2sc(C)nc12. The fraction of sp³-hybridized carbons (Fsp3) is 0.312. The van der Waals surface area contributed by atoms with Crippen molar-refractivity contribution in [3.05, 3.63) is 34.8 Å². The Labute approximate surface area is 132 Å². The molecule has 0 saturated carbocycles. The molecule has 0 unspecified atom stereocenters. The van der Waals surface area contributed by atoms with E-state index in [-0.39, 0.29) is 0 Å². The number of thiazole rings is 1. The maximum Gasteiger partial charge on any atom is 0.146 e. The molecule has 0 bridgehead atoms. The average Bonchev–Trinajstić information content (AvgIpc) is 2.87. The lowest BCUT2D eigenvalue weighted by atomic mass is 10.1. The van der Waals surface area contributed by atoms with Gasteiger partial charge in [-0.05, 0) is 26.0 Å². The summed E-state index contributed by atoms with van der Waals surface area (Å²) in [6, 6.07) is 8.42. The third-order valence-electron chi connectivity index (χ3n) is 3.16. The number of rotatable bonds is 4. The van der Waals surface area contributed by atoms with Crippen molar-refractivity contribution < 1.29 is 0 Å². The zero-order chi connectivity index (χ0) is 14.8. The molecule has 0 aliphatic carbocycles. The maximum absolute atomic E-state index is 4.66. The van der Waals surface area contributed by atoms with Crippen LogP contribution in [0.1, 0.15) is 23.9 Å². The fourth-order valence-corrected chi connectivity index (χ4v) is 3.89. The second-order valence-electron chi connectivity index (χ2n) is 4.98. The Hall–Kier alpha value is -1.46. The monoisotopic (exact) mass is 315 g/mol. The van der Waals surface area contributed by atoms with Crippen molar-refractivity contribution in [2.75, 3.05) is 5.75 Å². The molecular weight excluding hydrogens is 298 g/mol. The average molecular weight is 315 g/mol. The van der Waals surface area contributed by atoms with Gasteiger partial charge in [0.25, 0.3) is 0 Å². The van der Waals surface area contributed by atoms with Gasteiger partial charge in [0.2, 0.25) is 0 Å². The van der Waals surface area contributed by atoms with E-state index in [4.69, 9.17) is 0 Å². The summed E-state index contributed by atoms with van der Waals surface area (Å²) in [6.45, 7) is 6.30. The van der Waals surface area contributed by atoms with Crippen LogP contribution < -0.4 is 0 Å². The molecule has 0 N–H and O–H groups in total. The van der Waals surface area contributed by atoms with Crippen LogP contribution in [0.3, 0.4) is 0 Å². The van der Waals surface area contributed by atoms with E-state index in [1.54, 1.807) is 23.1 Å². The minimum absolute atomic E-state index is 0.941. The van der Waals surface area contributed by atoms with Gasteiger partial charge in [-0.3, -0.25) is 0 Å². The summed E-state index contributed by atoms with van der Waals surface area (Å²) in [4.78, 5) is 4.66. The summed E-state index contributed by atoms with van der Waals surface area (Å²) in [5.74, 6) is 1.05. The molecule has 3 aromatic rings. The summed E-state index contributed by atoms with van der Waals surface area (Å²) in [6.07, 6.45) is 1.12. The molecule has 2 aromatic heterocycles. The van der Waals surface area contributed by atoms with E-state index in [0.717, 1.165) is 43.7 Å². The predicted molar refractivity (Wildman–Crippen MR) is 91.1 cm³/mol. The first-order valence-corrected chi connectivity index (χ1v) is 8.83. The first-order valence-electron chi connectivity index (χ1n) is 7.02. The van der Waals surface area contributed by atoms with Crippen molar-refractivity contribution in [1.29, 1.82) is 0 Å². The number of nitrogens with zero attached hydrogens (tertiary/aromatic N) is 3. The van der Waals surface area contributed by atoms with Crippen LogP contribution in [0, 0.1) is 13.8 Å². The minimum atomic E-state index is 0.941. The molecule has 0 atom stereocenters. The van der Waals surface area contributed by atoms with E-state index in [1.807, 2.05) is 6.92 Å². The van der Waals surface area contributed by atoms with E-state index in [1.165, 1.54) is 5.56 Å². The van der Waals surface area contributed by atoms with Crippen LogP contribution in [0.2, 0.25) is 0 Å². The number of hydrogen-bond acceptors (Lipinski definition) is 5. The van der Waals surface area contributed by atoms with Crippen LogP contribution in [0.4, 0.5) is 0 Å². The summed E-state index contributed by atoms with van der Waals surface area (Å²) in [5.41, 5.74) is 4.30. The largest absolute Gasteiger partial charge is 0.238 e. The van der Waals surface area contributed by atoms with Crippen molar-refractivity contribution in [2.45, 2.75) is 32.2 Å². The number of hydrogen-bond donors (Lipinski definition) is 0. The second-order valence-corrected chi connectivity index (χ2v) is 7.27. The van der Waals surface area contributed by atoms with Crippen molar-refractivity contribution in [3.63, 3.8) is 0 Å². The Kier molecular flexibility index (Phi) is 4.22. The third-order valence-corrected chi connectivity index (χ3v) is 5.30. The van der Waals surface area contributed by atoms with Crippen LogP contribution >= 0.6 is 23.1 Å². The normalized spacial score (nSPS) is 11.2. The van der Waals surface area contributed by atoms with Gasteiger partial charge in [0, 0.05) is 5.56 Å². The zero-order valence-electron chi connectivity index (χ0n) is 12.4. The Balaban J connectivity index is 2.14. The van der Waals surface area contributed by atoms with Crippen molar-refractivity contribution in [1.82, 2.24) is 15.2 Å². The van der Waals surface area contributed by atoms with Crippen molar-refractivity contribution >= 4 is 33.3 Å².